The molecule has 0 aliphatic carbocycles. The minimum absolute atomic E-state index is 0.741. The van der Waals surface area contributed by atoms with Gasteiger partial charge in [-0.1, -0.05) is 61.2 Å². The zero-order chi connectivity index (χ0) is 19.6. The average Bonchev–Trinajstić information content (AvgIpc) is 2.77. The molecule has 149 valence electrons. The molecule has 1 aliphatic rings. The normalized spacial score (nSPS) is 15.1. The second kappa shape index (κ2) is 11.3. The van der Waals surface area contributed by atoms with E-state index in [2.05, 4.69) is 47.9 Å². The molecule has 0 unspecified atom stereocenters. The van der Waals surface area contributed by atoms with Gasteiger partial charge in [0, 0.05) is 26.8 Å². The SMILES string of the molecule is C=C(c1ccccc1)c1ccc([Si](OC)OCCCCN2CCOCC2)cc1. The predicted octanol–water partition coefficient (Wildman–Crippen LogP) is 3.22. The molecular formula is C23H30NO3Si. The summed E-state index contributed by atoms with van der Waals surface area (Å²) in [4.78, 5) is 2.46. The van der Waals surface area contributed by atoms with Gasteiger partial charge in [0.25, 0.3) is 0 Å². The molecule has 1 aliphatic heterocycles. The summed E-state index contributed by atoms with van der Waals surface area (Å²) in [7, 11) is 0.300. The molecule has 0 amide bonds. The van der Waals surface area contributed by atoms with Crippen molar-refractivity contribution in [2.24, 2.45) is 0 Å². The van der Waals surface area contributed by atoms with E-state index in [1.165, 1.54) is 0 Å². The number of nitrogens with zero attached hydrogens (tertiary/aromatic N) is 1. The number of rotatable bonds is 10. The van der Waals surface area contributed by atoms with Gasteiger partial charge in [-0.2, -0.15) is 0 Å². The van der Waals surface area contributed by atoms with Crippen molar-refractivity contribution in [2.75, 3.05) is 46.6 Å². The van der Waals surface area contributed by atoms with Gasteiger partial charge in [-0.15, -0.1) is 0 Å². The van der Waals surface area contributed by atoms with Crippen LogP contribution in [0, 0.1) is 0 Å². The second-order valence-corrected chi connectivity index (χ2v) is 8.77. The molecule has 0 spiro atoms. The highest BCUT2D eigenvalue weighted by Crippen LogP contribution is 2.20. The van der Waals surface area contributed by atoms with Crippen LogP contribution in [0.1, 0.15) is 24.0 Å². The maximum atomic E-state index is 6.07. The van der Waals surface area contributed by atoms with Crippen LogP contribution in [-0.2, 0) is 13.6 Å². The molecule has 1 fully saturated rings. The van der Waals surface area contributed by atoms with Gasteiger partial charge in [0.05, 0.1) is 13.2 Å². The Morgan fingerprint density at radius 3 is 2.36 bits per heavy atom. The molecule has 4 nitrogen and oxygen atoms in total. The third kappa shape index (κ3) is 6.12. The Bertz CT molecular complexity index is 714. The van der Waals surface area contributed by atoms with Crippen molar-refractivity contribution >= 4 is 20.0 Å². The maximum absolute atomic E-state index is 6.07. The summed E-state index contributed by atoms with van der Waals surface area (Å²) in [6.07, 6.45) is 2.20. The van der Waals surface area contributed by atoms with E-state index in [0.717, 1.165) is 74.2 Å². The zero-order valence-electron chi connectivity index (χ0n) is 16.7. The predicted molar refractivity (Wildman–Crippen MR) is 116 cm³/mol. The molecule has 1 saturated heterocycles. The van der Waals surface area contributed by atoms with Gasteiger partial charge in [0.15, 0.2) is 0 Å². The van der Waals surface area contributed by atoms with Crippen molar-refractivity contribution in [3.63, 3.8) is 0 Å². The highest BCUT2D eigenvalue weighted by molar-refractivity contribution is 6.61. The van der Waals surface area contributed by atoms with E-state index in [1.54, 1.807) is 7.11 Å². The first-order valence-electron chi connectivity index (χ1n) is 9.97. The number of unbranched alkanes of at least 4 members (excludes halogenated alkanes) is 1. The van der Waals surface area contributed by atoms with Crippen molar-refractivity contribution < 1.29 is 13.6 Å². The second-order valence-electron chi connectivity index (χ2n) is 6.92. The van der Waals surface area contributed by atoms with Crippen LogP contribution >= 0.6 is 0 Å². The van der Waals surface area contributed by atoms with Gasteiger partial charge in [-0.25, -0.2) is 0 Å². The Balaban J connectivity index is 1.45. The zero-order valence-corrected chi connectivity index (χ0v) is 17.7. The van der Waals surface area contributed by atoms with E-state index in [4.69, 9.17) is 13.6 Å². The quantitative estimate of drug-likeness (QED) is 0.456. The van der Waals surface area contributed by atoms with Gasteiger partial charge in [-0.3, -0.25) is 4.90 Å². The van der Waals surface area contributed by atoms with Crippen molar-refractivity contribution in [1.82, 2.24) is 4.90 Å². The van der Waals surface area contributed by atoms with Crippen LogP contribution in [0.5, 0.6) is 0 Å². The van der Waals surface area contributed by atoms with Crippen molar-refractivity contribution in [3.8, 4) is 0 Å². The fraction of sp³-hybridized carbons (Fsp3) is 0.391. The first-order valence-corrected chi connectivity index (χ1v) is 11.3. The monoisotopic (exact) mass is 396 g/mol. The van der Waals surface area contributed by atoms with Crippen LogP contribution in [0.15, 0.2) is 61.2 Å². The Morgan fingerprint density at radius 1 is 1.00 bits per heavy atom. The molecular weight excluding hydrogens is 366 g/mol. The van der Waals surface area contributed by atoms with Crippen LogP contribution in [-0.4, -0.2) is 60.7 Å². The first-order chi connectivity index (χ1) is 13.8. The van der Waals surface area contributed by atoms with Gasteiger partial charge in [0.2, 0.25) is 0 Å². The fourth-order valence-corrected chi connectivity index (χ4v) is 4.59. The van der Waals surface area contributed by atoms with E-state index < -0.39 is 9.28 Å². The van der Waals surface area contributed by atoms with Gasteiger partial charge in [-0.05, 0) is 41.3 Å². The summed E-state index contributed by atoms with van der Waals surface area (Å²) in [6, 6.07) is 18.7. The standard InChI is InChI=1S/C23H30NO3Si/c1-20(21-8-4-3-5-9-21)22-10-12-23(13-11-22)28(25-2)27-17-7-6-14-24-15-18-26-19-16-24/h3-5,8-13H,1,6-7,14-19H2,2H3. The highest BCUT2D eigenvalue weighted by Gasteiger charge is 2.18. The van der Waals surface area contributed by atoms with Crippen LogP contribution in [0.4, 0.5) is 0 Å². The molecule has 2 aromatic rings. The smallest absolute Gasteiger partial charge is 0.393 e. The minimum Gasteiger partial charge on any atom is -0.393 e. The molecule has 5 heteroatoms. The van der Waals surface area contributed by atoms with Crippen LogP contribution in [0.2, 0.25) is 0 Å². The lowest BCUT2D eigenvalue weighted by Crippen LogP contribution is -2.37. The lowest BCUT2D eigenvalue weighted by molar-refractivity contribution is 0.0367. The number of hydrogen-bond donors (Lipinski definition) is 0. The molecule has 28 heavy (non-hydrogen) atoms. The topological polar surface area (TPSA) is 30.9 Å². The summed E-state index contributed by atoms with van der Waals surface area (Å²) in [5.74, 6) is 0. The molecule has 0 bridgehead atoms. The van der Waals surface area contributed by atoms with E-state index in [1.807, 2.05) is 18.2 Å². The molecule has 3 rings (SSSR count). The summed E-state index contributed by atoms with van der Waals surface area (Å²) in [6.45, 7) is 9.92. The number of benzene rings is 2. The van der Waals surface area contributed by atoms with Crippen LogP contribution < -0.4 is 5.19 Å². The molecule has 2 aromatic carbocycles. The molecule has 1 radical (unpaired) electrons. The lowest BCUT2D eigenvalue weighted by Gasteiger charge is -2.26. The maximum Gasteiger partial charge on any atom is 0.423 e. The summed E-state index contributed by atoms with van der Waals surface area (Å²) in [5.41, 5.74) is 3.30. The van der Waals surface area contributed by atoms with Gasteiger partial charge >= 0.3 is 9.28 Å². The Kier molecular flexibility index (Phi) is 8.45. The third-order valence-electron chi connectivity index (χ3n) is 4.98. The minimum atomic E-state index is -1.44. The lowest BCUT2D eigenvalue weighted by atomic mass is 10.00. The van der Waals surface area contributed by atoms with Gasteiger partial charge in [0.1, 0.15) is 0 Å². The Morgan fingerprint density at radius 2 is 1.68 bits per heavy atom. The van der Waals surface area contributed by atoms with Crippen molar-refractivity contribution in [3.05, 3.63) is 72.3 Å². The molecule has 0 atom stereocenters. The van der Waals surface area contributed by atoms with E-state index >= 15 is 0 Å². The summed E-state index contributed by atoms with van der Waals surface area (Å²) >= 11 is 0. The largest absolute Gasteiger partial charge is 0.423 e. The highest BCUT2D eigenvalue weighted by atomic mass is 28.3. The fourth-order valence-electron chi connectivity index (χ4n) is 3.30. The third-order valence-corrected chi connectivity index (χ3v) is 6.62. The molecule has 0 aromatic heterocycles. The van der Waals surface area contributed by atoms with E-state index in [0.29, 0.717) is 0 Å². The van der Waals surface area contributed by atoms with Crippen molar-refractivity contribution in [1.29, 1.82) is 0 Å². The Hall–Kier alpha value is -1.76. The van der Waals surface area contributed by atoms with Crippen LogP contribution in [0.3, 0.4) is 0 Å². The van der Waals surface area contributed by atoms with Crippen LogP contribution in [0.25, 0.3) is 5.57 Å². The number of hydrogen-bond acceptors (Lipinski definition) is 4. The average molecular weight is 397 g/mol. The van der Waals surface area contributed by atoms with Gasteiger partial charge < -0.3 is 13.6 Å². The van der Waals surface area contributed by atoms with E-state index in [9.17, 15) is 0 Å². The molecule has 0 saturated carbocycles. The summed E-state index contributed by atoms with van der Waals surface area (Å²) < 4.78 is 17.1. The van der Waals surface area contributed by atoms with Crippen molar-refractivity contribution in [2.45, 2.75) is 12.8 Å². The molecule has 1 heterocycles. The van der Waals surface area contributed by atoms with E-state index in [-0.39, 0.29) is 0 Å². The Labute approximate surface area is 170 Å². The number of morpholine rings is 1. The molecule has 0 N–H and O–H groups in total. The summed E-state index contributed by atoms with van der Waals surface area (Å²) in [5, 5.41) is 1.13. The number of ether oxygens (including phenoxy) is 1. The first kappa shape index (κ1) is 21.0.